The molecule has 8 heteroatoms. The lowest BCUT2D eigenvalue weighted by Gasteiger charge is -2.24. The molecular formula is C22H21ClN2O4S. The van der Waals surface area contributed by atoms with Gasteiger partial charge in [0.15, 0.2) is 0 Å². The van der Waals surface area contributed by atoms with E-state index < -0.39 is 15.9 Å². The highest BCUT2D eigenvalue weighted by molar-refractivity contribution is 7.92. The predicted octanol–water partition coefficient (Wildman–Crippen LogP) is 4.49. The molecule has 0 spiro atoms. The van der Waals surface area contributed by atoms with E-state index in [0.29, 0.717) is 22.1 Å². The molecule has 0 saturated carbocycles. The number of halogens is 1. The van der Waals surface area contributed by atoms with Crippen LogP contribution >= 0.6 is 11.6 Å². The third-order valence-electron chi connectivity index (χ3n) is 4.38. The van der Waals surface area contributed by atoms with E-state index in [9.17, 15) is 13.2 Å². The van der Waals surface area contributed by atoms with Crippen LogP contribution in [-0.2, 0) is 14.8 Å². The summed E-state index contributed by atoms with van der Waals surface area (Å²) in [7, 11) is -2.49. The molecule has 0 aliphatic heterocycles. The highest BCUT2D eigenvalue weighted by Crippen LogP contribution is 2.25. The van der Waals surface area contributed by atoms with Crippen LogP contribution in [0.4, 0.5) is 11.4 Å². The van der Waals surface area contributed by atoms with Crippen molar-refractivity contribution in [2.75, 3.05) is 23.3 Å². The fourth-order valence-electron chi connectivity index (χ4n) is 2.77. The molecule has 3 aromatic carbocycles. The van der Waals surface area contributed by atoms with Gasteiger partial charge in [0, 0.05) is 10.7 Å². The third kappa shape index (κ3) is 5.11. The van der Waals surface area contributed by atoms with E-state index in [-0.39, 0.29) is 11.4 Å². The van der Waals surface area contributed by atoms with Crippen molar-refractivity contribution in [1.29, 1.82) is 0 Å². The summed E-state index contributed by atoms with van der Waals surface area (Å²) in [5, 5.41) is 3.24. The summed E-state index contributed by atoms with van der Waals surface area (Å²) in [6, 6.07) is 19.5. The molecule has 0 heterocycles. The van der Waals surface area contributed by atoms with E-state index >= 15 is 0 Å². The highest BCUT2D eigenvalue weighted by Gasteiger charge is 2.27. The van der Waals surface area contributed by atoms with Gasteiger partial charge in [-0.15, -0.1) is 0 Å². The standard InChI is InChI=1S/C22H21ClN2O4S/c1-16-3-9-19(10-4-16)25(15-22(26)24-18-7-5-17(23)6-8-18)30(27,28)21-13-11-20(29-2)12-14-21/h3-14H,15H2,1-2H3,(H,24,26). The van der Waals surface area contributed by atoms with E-state index in [1.807, 2.05) is 6.92 Å². The van der Waals surface area contributed by atoms with E-state index in [1.165, 1.54) is 19.2 Å². The summed E-state index contributed by atoms with van der Waals surface area (Å²) in [6.07, 6.45) is 0. The zero-order valence-electron chi connectivity index (χ0n) is 16.5. The van der Waals surface area contributed by atoms with Crippen molar-refractivity contribution in [3.05, 3.63) is 83.4 Å². The Kier molecular flexibility index (Phi) is 6.64. The Labute approximate surface area is 181 Å². The smallest absolute Gasteiger partial charge is 0.264 e. The van der Waals surface area contributed by atoms with Crippen LogP contribution in [0.15, 0.2) is 77.7 Å². The molecule has 3 rings (SSSR count). The normalized spacial score (nSPS) is 11.0. The maximum atomic E-state index is 13.3. The molecular weight excluding hydrogens is 424 g/mol. The van der Waals surface area contributed by atoms with Gasteiger partial charge in [-0.2, -0.15) is 0 Å². The molecule has 0 atom stereocenters. The number of aryl methyl sites for hydroxylation is 1. The van der Waals surface area contributed by atoms with Gasteiger partial charge in [-0.1, -0.05) is 29.3 Å². The zero-order valence-corrected chi connectivity index (χ0v) is 18.1. The number of benzene rings is 3. The summed E-state index contributed by atoms with van der Waals surface area (Å²) in [5.41, 5.74) is 1.89. The number of ether oxygens (including phenoxy) is 1. The number of hydrogen-bond donors (Lipinski definition) is 1. The van der Waals surface area contributed by atoms with Crippen LogP contribution in [0.2, 0.25) is 5.02 Å². The van der Waals surface area contributed by atoms with Gasteiger partial charge in [0.05, 0.1) is 17.7 Å². The Balaban J connectivity index is 1.92. The minimum atomic E-state index is -3.99. The van der Waals surface area contributed by atoms with Gasteiger partial charge < -0.3 is 10.1 Å². The van der Waals surface area contributed by atoms with E-state index in [0.717, 1.165) is 9.87 Å². The maximum absolute atomic E-state index is 13.3. The first kappa shape index (κ1) is 21.7. The van der Waals surface area contributed by atoms with Crippen LogP contribution in [0.3, 0.4) is 0 Å². The van der Waals surface area contributed by atoms with Crippen molar-refractivity contribution in [3.63, 3.8) is 0 Å². The second-order valence-corrected chi connectivity index (χ2v) is 8.88. The van der Waals surface area contributed by atoms with Gasteiger partial charge in [-0.3, -0.25) is 9.10 Å². The minimum Gasteiger partial charge on any atom is -0.497 e. The Morgan fingerprint density at radius 3 is 2.13 bits per heavy atom. The molecule has 1 amide bonds. The Bertz CT molecular complexity index is 1110. The number of nitrogens with one attached hydrogen (secondary N) is 1. The largest absolute Gasteiger partial charge is 0.497 e. The number of amides is 1. The van der Waals surface area contributed by atoms with Crippen LogP contribution in [-0.4, -0.2) is 28.0 Å². The maximum Gasteiger partial charge on any atom is 0.264 e. The topological polar surface area (TPSA) is 75.7 Å². The molecule has 0 aliphatic rings. The van der Waals surface area contributed by atoms with Gasteiger partial charge in [0.2, 0.25) is 5.91 Å². The fraction of sp³-hybridized carbons (Fsp3) is 0.136. The van der Waals surface area contributed by atoms with Gasteiger partial charge in [-0.25, -0.2) is 8.42 Å². The number of carbonyl (C=O) groups excluding carboxylic acids is 1. The SMILES string of the molecule is COc1ccc(S(=O)(=O)N(CC(=O)Nc2ccc(Cl)cc2)c2ccc(C)cc2)cc1. The molecule has 156 valence electrons. The molecule has 6 nitrogen and oxygen atoms in total. The molecule has 0 radical (unpaired) electrons. The summed E-state index contributed by atoms with van der Waals surface area (Å²) in [5.74, 6) is 0.0614. The first-order valence-electron chi connectivity index (χ1n) is 9.08. The van der Waals surface area contributed by atoms with Crippen LogP contribution in [0.1, 0.15) is 5.56 Å². The highest BCUT2D eigenvalue weighted by atomic mass is 35.5. The number of rotatable bonds is 7. The lowest BCUT2D eigenvalue weighted by Crippen LogP contribution is -2.38. The second-order valence-electron chi connectivity index (χ2n) is 6.58. The number of nitrogens with zero attached hydrogens (tertiary/aromatic N) is 1. The minimum absolute atomic E-state index is 0.0585. The quantitative estimate of drug-likeness (QED) is 0.582. The molecule has 0 unspecified atom stereocenters. The fourth-order valence-corrected chi connectivity index (χ4v) is 4.31. The van der Waals surface area contributed by atoms with Crippen LogP contribution in [0.25, 0.3) is 0 Å². The van der Waals surface area contributed by atoms with Crippen LogP contribution in [0, 0.1) is 6.92 Å². The Hall–Kier alpha value is -3.03. The van der Waals surface area contributed by atoms with E-state index in [2.05, 4.69) is 5.32 Å². The van der Waals surface area contributed by atoms with Gasteiger partial charge in [-0.05, 0) is 67.6 Å². The molecule has 0 saturated heterocycles. The second kappa shape index (κ2) is 9.19. The first-order chi connectivity index (χ1) is 14.3. The van der Waals surface area contributed by atoms with Crippen molar-refractivity contribution >= 4 is 38.9 Å². The summed E-state index contributed by atoms with van der Waals surface area (Å²) >= 11 is 5.87. The molecule has 30 heavy (non-hydrogen) atoms. The average Bonchev–Trinajstić information content (AvgIpc) is 2.74. The number of sulfonamides is 1. The van der Waals surface area contributed by atoms with E-state index in [4.69, 9.17) is 16.3 Å². The Morgan fingerprint density at radius 1 is 0.967 bits per heavy atom. The molecule has 0 fully saturated rings. The average molecular weight is 445 g/mol. The summed E-state index contributed by atoms with van der Waals surface area (Å²) < 4.78 is 32.9. The lowest BCUT2D eigenvalue weighted by atomic mass is 10.2. The molecule has 1 N–H and O–H groups in total. The first-order valence-corrected chi connectivity index (χ1v) is 10.9. The van der Waals surface area contributed by atoms with Crippen molar-refractivity contribution in [2.24, 2.45) is 0 Å². The molecule has 0 bridgehead atoms. The summed E-state index contributed by atoms with van der Waals surface area (Å²) in [6.45, 7) is 1.51. The van der Waals surface area contributed by atoms with E-state index in [1.54, 1.807) is 60.7 Å². The predicted molar refractivity (Wildman–Crippen MR) is 119 cm³/mol. The Morgan fingerprint density at radius 2 is 1.57 bits per heavy atom. The number of anilines is 2. The van der Waals surface area contributed by atoms with Crippen molar-refractivity contribution in [2.45, 2.75) is 11.8 Å². The summed E-state index contributed by atoms with van der Waals surface area (Å²) in [4.78, 5) is 12.7. The van der Waals surface area contributed by atoms with Crippen molar-refractivity contribution in [3.8, 4) is 5.75 Å². The van der Waals surface area contributed by atoms with Gasteiger partial charge in [0.25, 0.3) is 10.0 Å². The zero-order chi connectivity index (χ0) is 21.7. The van der Waals surface area contributed by atoms with Crippen molar-refractivity contribution in [1.82, 2.24) is 0 Å². The third-order valence-corrected chi connectivity index (χ3v) is 6.42. The lowest BCUT2D eigenvalue weighted by molar-refractivity contribution is -0.114. The molecule has 0 aromatic heterocycles. The van der Waals surface area contributed by atoms with Gasteiger partial charge >= 0.3 is 0 Å². The molecule has 0 aliphatic carbocycles. The van der Waals surface area contributed by atoms with Crippen molar-refractivity contribution < 1.29 is 17.9 Å². The van der Waals surface area contributed by atoms with Crippen LogP contribution < -0.4 is 14.4 Å². The van der Waals surface area contributed by atoms with Gasteiger partial charge in [0.1, 0.15) is 12.3 Å². The van der Waals surface area contributed by atoms with Crippen LogP contribution in [0.5, 0.6) is 5.75 Å². The molecule has 3 aromatic rings. The number of hydrogen-bond acceptors (Lipinski definition) is 4. The monoisotopic (exact) mass is 444 g/mol. The number of methoxy groups -OCH3 is 1. The number of carbonyl (C=O) groups is 1.